The molecule has 1 saturated heterocycles. The fourth-order valence-electron chi connectivity index (χ4n) is 5.92. The van der Waals surface area contributed by atoms with Gasteiger partial charge < -0.3 is 23.9 Å². The first-order valence-corrected chi connectivity index (χ1v) is 10.4. The van der Waals surface area contributed by atoms with Gasteiger partial charge in [-0.1, -0.05) is 20.8 Å². The Morgan fingerprint density at radius 2 is 2.00 bits per heavy atom. The Kier molecular flexibility index (Phi) is 4.90. The van der Waals surface area contributed by atoms with E-state index in [1.807, 2.05) is 6.07 Å². The summed E-state index contributed by atoms with van der Waals surface area (Å²) in [6.45, 7) is 8.99. The highest BCUT2D eigenvalue weighted by atomic mass is 16.7. The summed E-state index contributed by atoms with van der Waals surface area (Å²) in [4.78, 5) is 11.7. The van der Waals surface area contributed by atoms with Crippen LogP contribution in [0.15, 0.2) is 12.1 Å². The van der Waals surface area contributed by atoms with Gasteiger partial charge in [0.05, 0.1) is 25.9 Å². The Balaban J connectivity index is 1.56. The predicted octanol–water partition coefficient (Wildman–Crippen LogP) is 4.06. The number of ether oxygens (including phenoxy) is 2. The second-order valence-electron chi connectivity index (χ2n) is 9.69. The third kappa shape index (κ3) is 3.05. The SMILES string of the molecule is COc1cc(C[C@@H](C)B2OC3CC4C[C@@H](C4(C)C)[C@]3(C)O2)c(OC)c(C(=O)O)c1. The van der Waals surface area contributed by atoms with Gasteiger partial charge in [-0.15, -0.1) is 0 Å². The lowest BCUT2D eigenvalue weighted by Crippen LogP contribution is -2.65. The fourth-order valence-corrected chi connectivity index (χ4v) is 5.92. The van der Waals surface area contributed by atoms with E-state index in [2.05, 4.69) is 27.7 Å². The summed E-state index contributed by atoms with van der Waals surface area (Å²) in [6.07, 6.45) is 2.98. The lowest BCUT2D eigenvalue weighted by atomic mass is 9.43. The van der Waals surface area contributed by atoms with Gasteiger partial charge in [-0.05, 0) is 67.0 Å². The molecule has 2 bridgehead atoms. The van der Waals surface area contributed by atoms with E-state index in [1.54, 1.807) is 0 Å². The van der Waals surface area contributed by atoms with E-state index in [4.69, 9.17) is 18.8 Å². The molecule has 4 fully saturated rings. The minimum Gasteiger partial charge on any atom is -0.497 e. The van der Waals surface area contributed by atoms with Crippen LogP contribution in [0.5, 0.6) is 11.5 Å². The van der Waals surface area contributed by atoms with Gasteiger partial charge in [-0.25, -0.2) is 4.79 Å². The van der Waals surface area contributed by atoms with E-state index in [0.717, 1.165) is 12.0 Å². The summed E-state index contributed by atoms with van der Waals surface area (Å²) in [5, 5.41) is 9.56. The van der Waals surface area contributed by atoms with Gasteiger partial charge in [-0.2, -0.15) is 0 Å². The Morgan fingerprint density at radius 1 is 1.28 bits per heavy atom. The lowest BCUT2D eigenvalue weighted by Gasteiger charge is -2.64. The number of aromatic carboxylic acids is 1. The summed E-state index contributed by atoms with van der Waals surface area (Å²) in [5.41, 5.74) is 0.945. The average Bonchev–Trinajstić information content (AvgIpc) is 3.04. The van der Waals surface area contributed by atoms with Crippen molar-refractivity contribution in [2.45, 2.75) is 64.5 Å². The van der Waals surface area contributed by atoms with Crippen molar-refractivity contribution in [3.63, 3.8) is 0 Å². The van der Waals surface area contributed by atoms with Crippen LogP contribution < -0.4 is 9.47 Å². The van der Waals surface area contributed by atoms with Gasteiger partial charge in [0, 0.05) is 0 Å². The lowest BCUT2D eigenvalue weighted by molar-refractivity contribution is -0.199. The maximum atomic E-state index is 11.7. The number of carbonyl (C=O) groups is 1. The molecular formula is C22H31BO6. The van der Waals surface area contributed by atoms with Gasteiger partial charge in [-0.3, -0.25) is 0 Å². The zero-order valence-electron chi connectivity index (χ0n) is 18.2. The molecule has 3 aliphatic carbocycles. The second-order valence-corrected chi connectivity index (χ2v) is 9.69. The highest BCUT2D eigenvalue weighted by Gasteiger charge is 2.68. The summed E-state index contributed by atoms with van der Waals surface area (Å²) < 4.78 is 23.7. The normalized spacial score (nSPS) is 32.9. The van der Waals surface area contributed by atoms with Crippen LogP contribution >= 0.6 is 0 Å². The quantitative estimate of drug-likeness (QED) is 0.724. The highest BCUT2D eigenvalue weighted by Crippen LogP contribution is 2.66. The molecule has 0 spiro atoms. The molecule has 1 aliphatic heterocycles. The average molecular weight is 402 g/mol. The Bertz CT molecular complexity index is 824. The van der Waals surface area contributed by atoms with Crippen molar-refractivity contribution in [3.05, 3.63) is 23.3 Å². The minimum absolute atomic E-state index is 0.0420. The standard InChI is InChI=1S/C22H31BO6/c1-12(7-13-8-15(26-5)11-16(20(24)25)19(13)27-6)23-28-18-10-14-9-17(21(14,2)3)22(18,4)29-23/h8,11-12,14,17-18H,7,9-10H2,1-6H3,(H,24,25)/t12-,14?,17+,18?,22+/m1/s1. The molecule has 1 aromatic rings. The van der Waals surface area contributed by atoms with E-state index in [-0.39, 0.29) is 30.2 Å². The number of hydrogen-bond acceptors (Lipinski definition) is 5. The number of methoxy groups -OCH3 is 2. The van der Waals surface area contributed by atoms with Crippen LogP contribution in [-0.2, 0) is 15.7 Å². The molecule has 0 aromatic heterocycles. The third-order valence-electron chi connectivity index (χ3n) is 7.78. The first kappa shape index (κ1) is 20.5. The molecule has 1 aromatic carbocycles. The van der Waals surface area contributed by atoms with Crippen LogP contribution in [0.25, 0.3) is 0 Å². The van der Waals surface area contributed by atoms with Gasteiger partial charge >= 0.3 is 13.1 Å². The molecule has 0 amide bonds. The predicted molar refractivity (Wildman–Crippen MR) is 110 cm³/mol. The molecule has 5 rings (SSSR count). The van der Waals surface area contributed by atoms with Crippen molar-refractivity contribution in [2.75, 3.05) is 14.2 Å². The van der Waals surface area contributed by atoms with E-state index < -0.39 is 5.97 Å². The molecule has 7 heteroatoms. The zero-order valence-corrected chi connectivity index (χ0v) is 18.2. The van der Waals surface area contributed by atoms with Gasteiger partial charge in [0.15, 0.2) is 0 Å². The maximum Gasteiger partial charge on any atom is 0.461 e. The van der Waals surface area contributed by atoms with Crippen LogP contribution in [-0.4, -0.2) is 44.1 Å². The number of benzene rings is 1. The van der Waals surface area contributed by atoms with Crippen LogP contribution in [0.1, 0.15) is 56.5 Å². The largest absolute Gasteiger partial charge is 0.497 e. The Labute approximate surface area is 173 Å². The first-order chi connectivity index (χ1) is 13.6. The second kappa shape index (κ2) is 6.91. The van der Waals surface area contributed by atoms with Gasteiger partial charge in [0.1, 0.15) is 17.1 Å². The molecule has 1 heterocycles. The summed E-state index contributed by atoms with van der Waals surface area (Å²) in [6, 6.07) is 3.33. The molecule has 158 valence electrons. The van der Waals surface area contributed by atoms with Crippen molar-refractivity contribution >= 4 is 13.1 Å². The monoisotopic (exact) mass is 402 g/mol. The van der Waals surface area contributed by atoms with Crippen molar-refractivity contribution in [3.8, 4) is 11.5 Å². The molecule has 3 saturated carbocycles. The van der Waals surface area contributed by atoms with E-state index in [9.17, 15) is 9.90 Å². The van der Waals surface area contributed by atoms with Crippen LogP contribution in [0.4, 0.5) is 0 Å². The molecule has 6 nitrogen and oxygen atoms in total. The number of hydrogen-bond donors (Lipinski definition) is 1. The topological polar surface area (TPSA) is 74.2 Å². The summed E-state index contributed by atoms with van der Waals surface area (Å²) in [5.74, 6) is 1.10. The molecule has 4 aliphatic rings. The van der Waals surface area contributed by atoms with Crippen LogP contribution in [0.3, 0.4) is 0 Å². The minimum atomic E-state index is -1.04. The van der Waals surface area contributed by atoms with E-state index in [0.29, 0.717) is 35.2 Å². The smallest absolute Gasteiger partial charge is 0.461 e. The van der Waals surface area contributed by atoms with Crippen molar-refractivity contribution < 1.29 is 28.7 Å². The van der Waals surface area contributed by atoms with Gasteiger partial charge in [0.25, 0.3) is 0 Å². The van der Waals surface area contributed by atoms with Crippen LogP contribution in [0.2, 0.25) is 5.82 Å². The van der Waals surface area contributed by atoms with E-state index >= 15 is 0 Å². The number of carboxylic acids is 1. The number of carboxylic acid groups (broad SMARTS) is 1. The fraction of sp³-hybridized carbons (Fsp3) is 0.682. The number of rotatable bonds is 6. The highest BCUT2D eigenvalue weighted by molar-refractivity contribution is 6.47. The summed E-state index contributed by atoms with van der Waals surface area (Å²) in [7, 11) is 2.71. The third-order valence-corrected chi connectivity index (χ3v) is 7.78. The molecule has 5 atom stereocenters. The Hall–Kier alpha value is -1.73. The van der Waals surface area contributed by atoms with E-state index in [1.165, 1.54) is 26.7 Å². The molecule has 2 unspecified atom stereocenters. The summed E-state index contributed by atoms with van der Waals surface area (Å²) >= 11 is 0. The molecule has 29 heavy (non-hydrogen) atoms. The van der Waals surface area contributed by atoms with Gasteiger partial charge in [0.2, 0.25) is 0 Å². The Morgan fingerprint density at radius 3 is 2.59 bits per heavy atom. The van der Waals surface area contributed by atoms with Crippen molar-refractivity contribution in [1.82, 2.24) is 0 Å². The molecule has 1 N–H and O–H groups in total. The van der Waals surface area contributed by atoms with Crippen LogP contribution in [0, 0.1) is 17.3 Å². The maximum absolute atomic E-state index is 11.7. The molecular weight excluding hydrogens is 371 g/mol. The van der Waals surface area contributed by atoms with Crippen molar-refractivity contribution in [1.29, 1.82) is 0 Å². The molecule has 0 radical (unpaired) electrons. The van der Waals surface area contributed by atoms with Crippen molar-refractivity contribution in [2.24, 2.45) is 17.3 Å². The first-order valence-electron chi connectivity index (χ1n) is 10.4. The zero-order chi connectivity index (χ0) is 21.1.